The first kappa shape index (κ1) is 21.8. The summed E-state index contributed by atoms with van der Waals surface area (Å²) in [6.07, 6.45) is 2.13. The Morgan fingerprint density at radius 3 is 2.37 bits per heavy atom. The summed E-state index contributed by atoms with van der Waals surface area (Å²) in [6, 6.07) is 14.6. The smallest absolute Gasteiger partial charge is 0.262 e. The molecule has 1 heterocycles. The van der Waals surface area contributed by atoms with E-state index in [0.29, 0.717) is 23.5 Å². The zero-order valence-electron chi connectivity index (χ0n) is 17.9. The second kappa shape index (κ2) is 9.76. The van der Waals surface area contributed by atoms with E-state index in [1.165, 1.54) is 5.56 Å². The molecule has 2 aromatic rings. The standard InChI is InChI=1S/C24H30N2O4/c1-24(2,3)18-8-12-20(13-9-18)30-16-22(27)26-19-10-6-17(7-11-19)23(28)25-15-21-5-4-14-29-21/h6-13,21H,4-5,14-16H2,1-3H3,(H,25,28)(H,26,27). The highest BCUT2D eigenvalue weighted by atomic mass is 16.5. The number of hydrogen-bond donors (Lipinski definition) is 2. The van der Waals surface area contributed by atoms with Gasteiger partial charge in [-0.25, -0.2) is 0 Å². The molecule has 1 aliphatic rings. The van der Waals surface area contributed by atoms with Crippen LogP contribution >= 0.6 is 0 Å². The van der Waals surface area contributed by atoms with Crippen molar-refractivity contribution < 1.29 is 19.1 Å². The van der Waals surface area contributed by atoms with E-state index in [1.54, 1.807) is 24.3 Å². The first-order valence-electron chi connectivity index (χ1n) is 10.3. The van der Waals surface area contributed by atoms with Gasteiger partial charge in [0, 0.05) is 24.4 Å². The molecule has 1 atom stereocenters. The summed E-state index contributed by atoms with van der Waals surface area (Å²) in [5.41, 5.74) is 2.44. The molecule has 0 saturated carbocycles. The van der Waals surface area contributed by atoms with Crippen molar-refractivity contribution in [3.8, 4) is 5.75 Å². The van der Waals surface area contributed by atoms with Gasteiger partial charge >= 0.3 is 0 Å². The summed E-state index contributed by atoms with van der Waals surface area (Å²) in [5.74, 6) is 0.243. The maximum Gasteiger partial charge on any atom is 0.262 e. The highest BCUT2D eigenvalue weighted by Crippen LogP contribution is 2.24. The molecule has 1 saturated heterocycles. The van der Waals surface area contributed by atoms with E-state index in [4.69, 9.17) is 9.47 Å². The van der Waals surface area contributed by atoms with Gasteiger partial charge in [0.25, 0.3) is 11.8 Å². The van der Waals surface area contributed by atoms with Crippen molar-refractivity contribution in [2.75, 3.05) is 25.1 Å². The molecule has 1 unspecified atom stereocenters. The molecular weight excluding hydrogens is 380 g/mol. The molecule has 3 rings (SSSR count). The summed E-state index contributed by atoms with van der Waals surface area (Å²) < 4.78 is 11.1. The molecule has 6 heteroatoms. The Labute approximate surface area is 178 Å². The van der Waals surface area contributed by atoms with Crippen molar-refractivity contribution in [3.05, 3.63) is 59.7 Å². The van der Waals surface area contributed by atoms with Gasteiger partial charge in [-0.2, -0.15) is 0 Å². The zero-order valence-corrected chi connectivity index (χ0v) is 17.9. The first-order chi connectivity index (χ1) is 14.3. The van der Waals surface area contributed by atoms with Crippen LogP contribution in [0.15, 0.2) is 48.5 Å². The van der Waals surface area contributed by atoms with E-state index in [2.05, 4.69) is 31.4 Å². The number of carbonyl (C=O) groups excluding carboxylic acids is 2. The number of nitrogens with one attached hydrogen (secondary N) is 2. The Balaban J connectivity index is 1.44. The van der Waals surface area contributed by atoms with Crippen LogP contribution in [0.2, 0.25) is 0 Å². The SMILES string of the molecule is CC(C)(C)c1ccc(OCC(=O)Nc2ccc(C(=O)NCC3CCCO3)cc2)cc1. The van der Waals surface area contributed by atoms with Crippen molar-refractivity contribution in [1.82, 2.24) is 5.32 Å². The molecule has 1 aliphatic heterocycles. The van der Waals surface area contributed by atoms with Gasteiger partial charge in [0.2, 0.25) is 0 Å². The highest BCUT2D eigenvalue weighted by molar-refractivity contribution is 5.96. The number of benzene rings is 2. The number of rotatable bonds is 7. The Morgan fingerprint density at radius 1 is 1.07 bits per heavy atom. The number of ether oxygens (including phenoxy) is 2. The molecule has 0 spiro atoms. The third kappa shape index (κ3) is 6.32. The monoisotopic (exact) mass is 410 g/mol. The average Bonchev–Trinajstić information content (AvgIpc) is 3.24. The summed E-state index contributed by atoms with van der Waals surface area (Å²) in [5, 5.41) is 5.66. The van der Waals surface area contributed by atoms with Crippen LogP contribution in [0.25, 0.3) is 0 Å². The summed E-state index contributed by atoms with van der Waals surface area (Å²) in [4.78, 5) is 24.4. The van der Waals surface area contributed by atoms with Gasteiger partial charge in [-0.15, -0.1) is 0 Å². The average molecular weight is 411 g/mol. The van der Waals surface area contributed by atoms with E-state index >= 15 is 0 Å². The molecule has 0 aliphatic carbocycles. The van der Waals surface area contributed by atoms with Crippen LogP contribution in [-0.2, 0) is 14.9 Å². The molecule has 160 valence electrons. The van der Waals surface area contributed by atoms with Crippen LogP contribution in [0, 0.1) is 0 Å². The Morgan fingerprint density at radius 2 is 1.77 bits per heavy atom. The molecule has 0 radical (unpaired) electrons. The van der Waals surface area contributed by atoms with Crippen LogP contribution in [0.1, 0.15) is 49.5 Å². The fourth-order valence-electron chi connectivity index (χ4n) is 3.22. The molecule has 2 N–H and O–H groups in total. The van der Waals surface area contributed by atoms with E-state index in [-0.39, 0.29) is 29.9 Å². The number of anilines is 1. The third-order valence-electron chi connectivity index (χ3n) is 5.04. The molecule has 1 fully saturated rings. The number of amides is 2. The second-order valence-electron chi connectivity index (χ2n) is 8.53. The summed E-state index contributed by atoms with van der Waals surface area (Å²) >= 11 is 0. The third-order valence-corrected chi connectivity index (χ3v) is 5.04. The predicted molar refractivity (Wildman–Crippen MR) is 117 cm³/mol. The Hall–Kier alpha value is -2.86. The lowest BCUT2D eigenvalue weighted by Gasteiger charge is -2.19. The van der Waals surface area contributed by atoms with Gasteiger partial charge < -0.3 is 20.1 Å². The Kier molecular flexibility index (Phi) is 7.11. The first-order valence-corrected chi connectivity index (χ1v) is 10.3. The minimum atomic E-state index is -0.259. The van der Waals surface area contributed by atoms with Crippen molar-refractivity contribution >= 4 is 17.5 Å². The van der Waals surface area contributed by atoms with Crippen LogP contribution in [0.5, 0.6) is 5.75 Å². The maximum atomic E-state index is 12.2. The largest absolute Gasteiger partial charge is 0.484 e. The molecule has 0 aromatic heterocycles. The van der Waals surface area contributed by atoms with Crippen LogP contribution in [0.3, 0.4) is 0 Å². The van der Waals surface area contributed by atoms with Gasteiger partial charge in [0.05, 0.1) is 6.10 Å². The normalized spacial score (nSPS) is 16.2. The van der Waals surface area contributed by atoms with Crippen LogP contribution in [-0.4, -0.2) is 37.7 Å². The van der Waals surface area contributed by atoms with E-state index in [9.17, 15) is 9.59 Å². The topological polar surface area (TPSA) is 76.7 Å². The quantitative estimate of drug-likeness (QED) is 0.726. The van der Waals surface area contributed by atoms with Gasteiger partial charge in [0.15, 0.2) is 6.61 Å². The van der Waals surface area contributed by atoms with E-state index in [1.807, 2.05) is 24.3 Å². The molecular formula is C24H30N2O4. The van der Waals surface area contributed by atoms with Gasteiger partial charge in [-0.05, 0) is 60.2 Å². The molecule has 2 aromatic carbocycles. The lowest BCUT2D eigenvalue weighted by atomic mass is 9.87. The van der Waals surface area contributed by atoms with Crippen molar-refractivity contribution in [3.63, 3.8) is 0 Å². The Bertz CT molecular complexity index is 848. The summed E-state index contributed by atoms with van der Waals surface area (Å²) in [6.45, 7) is 7.64. The predicted octanol–water partition coefficient (Wildman–Crippen LogP) is 3.91. The van der Waals surface area contributed by atoms with E-state index < -0.39 is 0 Å². The van der Waals surface area contributed by atoms with Crippen LogP contribution in [0.4, 0.5) is 5.69 Å². The van der Waals surface area contributed by atoms with E-state index in [0.717, 1.165) is 19.4 Å². The second-order valence-corrected chi connectivity index (χ2v) is 8.53. The zero-order chi connectivity index (χ0) is 21.6. The fraction of sp³-hybridized carbons (Fsp3) is 0.417. The van der Waals surface area contributed by atoms with Gasteiger partial charge in [-0.3, -0.25) is 9.59 Å². The minimum Gasteiger partial charge on any atom is -0.484 e. The molecule has 0 bridgehead atoms. The van der Waals surface area contributed by atoms with Gasteiger partial charge in [-0.1, -0.05) is 32.9 Å². The van der Waals surface area contributed by atoms with Crippen LogP contribution < -0.4 is 15.4 Å². The van der Waals surface area contributed by atoms with Gasteiger partial charge in [0.1, 0.15) is 5.75 Å². The van der Waals surface area contributed by atoms with Crippen molar-refractivity contribution in [1.29, 1.82) is 0 Å². The summed E-state index contributed by atoms with van der Waals surface area (Å²) in [7, 11) is 0. The maximum absolute atomic E-state index is 12.2. The minimum absolute atomic E-state index is 0.0727. The lowest BCUT2D eigenvalue weighted by Crippen LogP contribution is -2.31. The highest BCUT2D eigenvalue weighted by Gasteiger charge is 2.17. The number of carbonyl (C=O) groups is 2. The molecule has 2 amide bonds. The molecule has 6 nitrogen and oxygen atoms in total. The lowest BCUT2D eigenvalue weighted by molar-refractivity contribution is -0.118. The van der Waals surface area contributed by atoms with Crippen molar-refractivity contribution in [2.45, 2.75) is 45.1 Å². The molecule has 30 heavy (non-hydrogen) atoms. The number of hydrogen-bond acceptors (Lipinski definition) is 4. The van der Waals surface area contributed by atoms with Crippen molar-refractivity contribution in [2.24, 2.45) is 0 Å². The fourth-order valence-corrected chi connectivity index (χ4v) is 3.22.